The van der Waals surface area contributed by atoms with E-state index in [9.17, 15) is 9.59 Å². The van der Waals surface area contributed by atoms with Crippen molar-refractivity contribution >= 4 is 46.5 Å². The molecule has 2 aromatic carbocycles. The van der Waals surface area contributed by atoms with E-state index < -0.39 is 12.1 Å². The molecule has 1 saturated heterocycles. The number of carbonyl (C=O) groups is 2. The number of fused-ring (bicyclic) bond motifs is 1. The highest BCUT2D eigenvalue weighted by Crippen LogP contribution is 2.46. The van der Waals surface area contributed by atoms with Crippen molar-refractivity contribution in [1.82, 2.24) is 5.32 Å². The number of amides is 3. The highest BCUT2D eigenvalue weighted by molar-refractivity contribution is 6.36. The van der Waals surface area contributed by atoms with E-state index in [4.69, 9.17) is 23.2 Å². The summed E-state index contributed by atoms with van der Waals surface area (Å²) in [5.41, 5.74) is 3.33. The van der Waals surface area contributed by atoms with Gasteiger partial charge in [-0.2, -0.15) is 0 Å². The second-order valence-corrected chi connectivity index (χ2v) is 7.93. The maximum atomic E-state index is 12.6. The van der Waals surface area contributed by atoms with Gasteiger partial charge < -0.3 is 10.6 Å². The SMILES string of the molecule is CC1CC(c2ccccc2N2C(=O)NC(C)C2=O)c2cc(Cl)cc(Cl)c2N1. The van der Waals surface area contributed by atoms with Crippen molar-refractivity contribution in [1.29, 1.82) is 0 Å². The summed E-state index contributed by atoms with van der Waals surface area (Å²) in [6.07, 6.45) is 0.792. The number of nitrogens with zero attached hydrogens (tertiary/aromatic N) is 1. The van der Waals surface area contributed by atoms with Gasteiger partial charge >= 0.3 is 6.03 Å². The highest BCUT2D eigenvalue weighted by atomic mass is 35.5. The van der Waals surface area contributed by atoms with Crippen molar-refractivity contribution in [3.8, 4) is 0 Å². The first kappa shape index (κ1) is 18.1. The van der Waals surface area contributed by atoms with Crippen molar-refractivity contribution in [2.75, 3.05) is 10.2 Å². The van der Waals surface area contributed by atoms with Crippen LogP contribution in [0.4, 0.5) is 16.2 Å². The van der Waals surface area contributed by atoms with Crippen LogP contribution >= 0.6 is 23.2 Å². The summed E-state index contributed by atoms with van der Waals surface area (Å²) in [6, 6.07) is 10.4. The molecule has 2 aliphatic heterocycles. The number of anilines is 2. The number of para-hydroxylation sites is 1. The molecule has 0 aromatic heterocycles. The molecule has 0 radical (unpaired) electrons. The lowest BCUT2D eigenvalue weighted by molar-refractivity contribution is -0.117. The number of urea groups is 1. The van der Waals surface area contributed by atoms with Crippen LogP contribution in [0.3, 0.4) is 0 Å². The normalized spacial score (nSPS) is 24.4. The molecule has 0 saturated carbocycles. The third kappa shape index (κ3) is 3.05. The second-order valence-electron chi connectivity index (χ2n) is 7.09. The average molecular weight is 404 g/mol. The molecule has 2 aromatic rings. The van der Waals surface area contributed by atoms with Gasteiger partial charge in [-0.1, -0.05) is 41.4 Å². The van der Waals surface area contributed by atoms with Crippen LogP contribution in [0.1, 0.15) is 37.3 Å². The summed E-state index contributed by atoms with van der Waals surface area (Å²) >= 11 is 12.7. The molecular formula is C20H19Cl2N3O2. The van der Waals surface area contributed by atoms with E-state index in [1.165, 1.54) is 4.90 Å². The van der Waals surface area contributed by atoms with Gasteiger partial charge in [-0.15, -0.1) is 0 Å². The Morgan fingerprint density at radius 2 is 1.78 bits per heavy atom. The Morgan fingerprint density at radius 3 is 2.48 bits per heavy atom. The molecular weight excluding hydrogens is 385 g/mol. The van der Waals surface area contributed by atoms with Gasteiger partial charge in [0.25, 0.3) is 5.91 Å². The number of imide groups is 1. The van der Waals surface area contributed by atoms with Gasteiger partial charge in [-0.05, 0) is 49.6 Å². The minimum Gasteiger partial charge on any atom is -0.381 e. The Bertz CT molecular complexity index is 947. The first-order valence-corrected chi connectivity index (χ1v) is 9.61. The predicted octanol–water partition coefficient (Wildman–Crippen LogP) is 4.77. The average Bonchev–Trinajstić information content (AvgIpc) is 2.87. The largest absolute Gasteiger partial charge is 0.381 e. The number of carbonyl (C=O) groups excluding carboxylic acids is 2. The van der Waals surface area contributed by atoms with Crippen LogP contribution in [-0.4, -0.2) is 24.0 Å². The van der Waals surface area contributed by atoms with Crippen LogP contribution in [0.25, 0.3) is 0 Å². The van der Waals surface area contributed by atoms with Gasteiger partial charge in [0, 0.05) is 17.0 Å². The lowest BCUT2D eigenvalue weighted by atomic mass is 9.81. The van der Waals surface area contributed by atoms with E-state index >= 15 is 0 Å². The number of halogens is 2. The first-order valence-electron chi connectivity index (χ1n) is 8.85. The van der Waals surface area contributed by atoms with E-state index in [0.29, 0.717) is 15.7 Å². The summed E-state index contributed by atoms with van der Waals surface area (Å²) in [4.78, 5) is 26.2. The molecule has 4 rings (SSSR count). The molecule has 2 aliphatic rings. The van der Waals surface area contributed by atoms with Crippen LogP contribution < -0.4 is 15.5 Å². The van der Waals surface area contributed by atoms with Gasteiger partial charge in [0.15, 0.2) is 0 Å². The van der Waals surface area contributed by atoms with Gasteiger partial charge in [0.1, 0.15) is 6.04 Å². The fourth-order valence-electron chi connectivity index (χ4n) is 3.92. The predicted molar refractivity (Wildman–Crippen MR) is 108 cm³/mol. The molecule has 3 amide bonds. The van der Waals surface area contributed by atoms with Gasteiger partial charge in [0.2, 0.25) is 0 Å². The Balaban J connectivity index is 1.87. The van der Waals surface area contributed by atoms with Crippen LogP contribution in [-0.2, 0) is 4.79 Å². The lowest BCUT2D eigenvalue weighted by Gasteiger charge is -2.34. The smallest absolute Gasteiger partial charge is 0.329 e. The summed E-state index contributed by atoms with van der Waals surface area (Å²) in [6.45, 7) is 3.77. The molecule has 0 spiro atoms. The van der Waals surface area contributed by atoms with Crippen molar-refractivity contribution in [3.05, 3.63) is 57.6 Å². The maximum absolute atomic E-state index is 12.6. The topological polar surface area (TPSA) is 61.4 Å². The van der Waals surface area contributed by atoms with Crippen LogP contribution in [0.5, 0.6) is 0 Å². The van der Waals surface area contributed by atoms with Crippen LogP contribution in [0, 0.1) is 0 Å². The number of hydrogen-bond acceptors (Lipinski definition) is 3. The minimum atomic E-state index is -0.534. The van der Waals surface area contributed by atoms with Crippen LogP contribution in [0.2, 0.25) is 10.0 Å². The Kier molecular flexibility index (Phi) is 4.52. The molecule has 2 N–H and O–H groups in total. The van der Waals surface area contributed by atoms with Crippen LogP contribution in [0.15, 0.2) is 36.4 Å². The third-order valence-corrected chi connectivity index (χ3v) is 5.64. The number of hydrogen-bond donors (Lipinski definition) is 2. The Hall–Kier alpha value is -2.24. The maximum Gasteiger partial charge on any atom is 0.329 e. The van der Waals surface area contributed by atoms with E-state index in [-0.39, 0.29) is 17.9 Å². The standard InChI is InChI=1S/C20H19Cl2N3O2/c1-10-7-14(15-8-12(21)9-16(22)18(15)23-10)13-5-3-4-6-17(13)25-19(26)11(2)24-20(25)27/h3-6,8-11,14,23H,7H2,1-2H3,(H,24,27). The quantitative estimate of drug-likeness (QED) is 0.709. The molecule has 140 valence electrons. The molecule has 0 aliphatic carbocycles. The molecule has 7 heteroatoms. The first-order chi connectivity index (χ1) is 12.9. The lowest BCUT2D eigenvalue weighted by Crippen LogP contribution is -2.33. The zero-order valence-electron chi connectivity index (χ0n) is 14.9. The van der Waals surface area contributed by atoms with Gasteiger partial charge in [-0.3, -0.25) is 4.79 Å². The summed E-state index contributed by atoms with van der Waals surface area (Å²) in [5.74, 6) is -0.293. The van der Waals surface area contributed by atoms with Crippen molar-refractivity contribution in [2.45, 2.75) is 38.3 Å². The fourth-order valence-corrected chi connectivity index (χ4v) is 4.48. The Labute approximate surface area is 167 Å². The monoisotopic (exact) mass is 403 g/mol. The summed E-state index contributed by atoms with van der Waals surface area (Å²) < 4.78 is 0. The highest BCUT2D eigenvalue weighted by Gasteiger charge is 2.39. The van der Waals surface area contributed by atoms with E-state index in [1.807, 2.05) is 30.3 Å². The number of benzene rings is 2. The van der Waals surface area contributed by atoms with Crippen molar-refractivity contribution < 1.29 is 9.59 Å². The molecule has 2 heterocycles. The van der Waals surface area contributed by atoms with E-state index in [2.05, 4.69) is 17.6 Å². The van der Waals surface area contributed by atoms with Gasteiger partial charge in [-0.25, -0.2) is 9.69 Å². The third-order valence-electron chi connectivity index (χ3n) is 5.13. The molecule has 27 heavy (non-hydrogen) atoms. The zero-order chi connectivity index (χ0) is 19.3. The molecule has 1 fully saturated rings. The van der Waals surface area contributed by atoms with E-state index in [0.717, 1.165) is 23.2 Å². The van der Waals surface area contributed by atoms with Gasteiger partial charge in [0.05, 0.1) is 16.4 Å². The van der Waals surface area contributed by atoms with Crippen molar-refractivity contribution in [3.63, 3.8) is 0 Å². The van der Waals surface area contributed by atoms with Crippen molar-refractivity contribution in [2.24, 2.45) is 0 Å². The summed E-state index contributed by atoms with van der Waals surface area (Å²) in [7, 11) is 0. The molecule has 0 bridgehead atoms. The number of rotatable bonds is 2. The van der Waals surface area contributed by atoms with E-state index in [1.54, 1.807) is 13.0 Å². The summed E-state index contributed by atoms with van der Waals surface area (Å²) in [5, 5.41) is 7.21. The Morgan fingerprint density at radius 1 is 1.04 bits per heavy atom. The molecule has 5 nitrogen and oxygen atoms in total. The number of nitrogens with one attached hydrogen (secondary N) is 2. The fraction of sp³-hybridized carbons (Fsp3) is 0.300. The zero-order valence-corrected chi connectivity index (χ0v) is 16.4. The minimum absolute atomic E-state index is 0.0415. The second kappa shape index (κ2) is 6.73. The molecule has 3 atom stereocenters. The molecule has 3 unspecified atom stereocenters.